The number of rotatable bonds is 2. The number of anilines is 1. The standard InChI is InChI=1S/C19H19N7O/c1-12-10-16(26-19(22-12)20-11-21-26)25-9-5-8-15(25)17-23-14-7-4-3-6-13(14)18(27)24(17)2/h3-4,6-7,10-11,15H,5,8-9H2,1-2H3. The smallest absolute Gasteiger partial charge is 0.261 e. The quantitative estimate of drug-likeness (QED) is 0.543. The summed E-state index contributed by atoms with van der Waals surface area (Å²) in [5, 5.41) is 4.98. The Morgan fingerprint density at radius 2 is 2.04 bits per heavy atom. The van der Waals surface area contributed by atoms with Gasteiger partial charge in [0, 0.05) is 25.4 Å². The first-order chi connectivity index (χ1) is 13.1. The van der Waals surface area contributed by atoms with Crippen LogP contribution in [0.15, 0.2) is 41.5 Å². The second kappa shape index (κ2) is 5.87. The van der Waals surface area contributed by atoms with E-state index in [1.807, 2.05) is 37.3 Å². The fourth-order valence-corrected chi connectivity index (χ4v) is 3.96. The molecule has 1 aliphatic heterocycles. The topological polar surface area (TPSA) is 81.2 Å². The van der Waals surface area contributed by atoms with Crippen LogP contribution >= 0.6 is 0 Å². The van der Waals surface area contributed by atoms with E-state index in [1.54, 1.807) is 16.1 Å². The van der Waals surface area contributed by atoms with Gasteiger partial charge in [0.25, 0.3) is 11.3 Å². The summed E-state index contributed by atoms with van der Waals surface area (Å²) < 4.78 is 3.43. The lowest BCUT2D eigenvalue weighted by Crippen LogP contribution is -2.32. The summed E-state index contributed by atoms with van der Waals surface area (Å²) in [7, 11) is 1.80. The molecule has 1 aromatic carbocycles. The molecule has 0 N–H and O–H groups in total. The van der Waals surface area contributed by atoms with Gasteiger partial charge in [0.2, 0.25) is 0 Å². The molecule has 136 valence electrons. The van der Waals surface area contributed by atoms with Crippen molar-refractivity contribution in [2.75, 3.05) is 11.4 Å². The number of aryl methyl sites for hydroxylation is 1. The lowest BCUT2D eigenvalue weighted by Gasteiger charge is -2.27. The van der Waals surface area contributed by atoms with Gasteiger partial charge >= 0.3 is 0 Å². The Morgan fingerprint density at radius 3 is 2.93 bits per heavy atom. The minimum Gasteiger partial charge on any atom is -0.346 e. The van der Waals surface area contributed by atoms with Gasteiger partial charge in [-0.1, -0.05) is 12.1 Å². The zero-order valence-corrected chi connectivity index (χ0v) is 15.2. The van der Waals surface area contributed by atoms with Crippen LogP contribution in [-0.4, -0.2) is 35.7 Å². The first-order valence-electron chi connectivity index (χ1n) is 9.03. The van der Waals surface area contributed by atoms with Crippen molar-refractivity contribution in [1.29, 1.82) is 0 Å². The summed E-state index contributed by atoms with van der Waals surface area (Å²) in [6.45, 7) is 2.82. The average Bonchev–Trinajstić information content (AvgIpc) is 3.33. The molecule has 8 heteroatoms. The van der Waals surface area contributed by atoms with Crippen LogP contribution in [0.2, 0.25) is 0 Å². The van der Waals surface area contributed by atoms with Gasteiger partial charge in [0.1, 0.15) is 18.0 Å². The van der Waals surface area contributed by atoms with Crippen molar-refractivity contribution in [2.24, 2.45) is 7.05 Å². The molecule has 4 aromatic rings. The highest BCUT2D eigenvalue weighted by Gasteiger charge is 2.31. The van der Waals surface area contributed by atoms with Gasteiger partial charge in [-0.15, -0.1) is 0 Å². The van der Waals surface area contributed by atoms with E-state index in [-0.39, 0.29) is 11.6 Å². The molecule has 0 radical (unpaired) electrons. The monoisotopic (exact) mass is 361 g/mol. The minimum atomic E-state index is -0.0146. The summed E-state index contributed by atoms with van der Waals surface area (Å²) in [6, 6.07) is 9.52. The number of hydrogen-bond acceptors (Lipinski definition) is 6. The second-order valence-electron chi connectivity index (χ2n) is 6.93. The van der Waals surface area contributed by atoms with Gasteiger partial charge in [-0.3, -0.25) is 9.36 Å². The fourth-order valence-electron chi connectivity index (χ4n) is 3.96. The van der Waals surface area contributed by atoms with Crippen molar-refractivity contribution >= 4 is 22.5 Å². The summed E-state index contributed by atoms with van der Waals surface area (Å²) in [5.41, 5.74) is 1.61. The zero-order valence-electron chi connectivity index (χ0n) is 15.2. The van der Waals surface area contributed by atoms with Gasteiger partial charge in [-0.05, 0) is 31.9 Å². The molecule has 1 atom stereocenters. The number of fused-ring (bicyclic) bond motifs is 2. The molecule has 3 aromatic heterocycles. The molecule has 1 saturated heterocycles. The first-order valence-corrected chi connectivity index (χ1v) is 9.03. The van der Waals surface area contributed by atoms with E-state index in [1.165, 1.54) is 6.33 Å². The molecule has 0 bridgehead atoms. The highest BCUT2D eigenvalue weighted by Crippen LogP contribution is 2.35. The van der Waals surface area contributed by atoms with Gasteiger partial charge in [-0.25, -0.2) is 9.97 Å². The molecule has 1 aliphatic rings. The van der Waals surface area contributed by atoms with Crippen molar-refractivity contribution in [2.45, 2.75) is 25.8 Å². The SMILES string of the molecule is Cc1cc(N2CCCC2c2nc3ccccc3c(=O)n2C)n2ncnc2n1. The van der Waals surface area contributed by atoms with Crippen molar-refractivity contribution in [3.05, 3.63) is 58.5 Å². The molecule has 0 aliphatic carbocycles. The molecule has 1 unspecified atom stereocenters. The molecule has 8 nitrogen and oxygen atoms in total. The van der Waals surface area contributed by atoms with Crippen LogP contribution in [0.3, 0.4) is 0 Å². The minimum absolute atomic E-state index is 0.00139. The number of aromatic nitrogens is 6. The Balaban J connectivity index is 1.69. The summed E-state index contributed by atoms with van der Waals surface area (Å²) >= 11 is 0. The molecule has 0 amide bonds. The van der Waals surface area contributed by atoms with Crippen LogP contribution in [0.5, 0.6) is 0 Å². The number of nitrogens with zero attached hydrogens (tertiary/aromatic N) is 7. The molecule has 4 heterocycles. The molecule has 27 heavy (non-hydrogen) atoms. The predicted molar refractivity (Wildman–Crippen MR) is 102 cm³/mol. The van der Waals surface area contributed by atoms with Crippen molar-refractivity contribution in [1.82, 2.24) is 29.1 Å². The van der Waals surface area contributed by atoms with Crippen molar-refractivity contribution < 1.29 is 0 Å². The molecule has 0 saturated carbocycles. The lowest BCUT2D eigenvalue weighted by molar-refractivity contribution is 0.602. The molecule has 1 fully saturated rings. The van der Waals surface area contributed by atoms with E-state index in [0.717, 1.165) is 42.2 Å². The third-order valence-electron chi connectivity index (χ3n) is 5.22. The number of benzene rings is 1. The summed E-state index contributed by atoms with van der Waals surface area (Å²) in [5.74, 6) is 2.29. The van der Waals surface area contributed by atoms with Crippen molar-refractivity contribution in [3.63, 3.8) is 0 Å². The fraction of sp³-hybridized carbons (Fsp3) is 0.316. The Kier molecular flexibility index (Phi) is 3.46. The number of hydrogen-bond donors (Lipinski definition) is 0. The van der Waals surface area contributed by atoms with Crippen molar-refractivity contribution in [3.8, 4) is 0 Å². The van der Waals surface area contributed by atoms with E-state index in [0.29, 0.717) is 11.2 Å². The van der Waals surface area contributed by atoms with Crippen LogP contribution in [-0.2, 0) is 7.05 Å². The highest BCUT2D eigenvalue weighted by atomic mass is 16.1. The van der Waals surface area contributed by atoms with E-state index in [9.17, 15) is 4.79 Å². The maximum atomic E-state index is 12.8. The first kappa shape index (κ1) is 15.9. The average molecular weight is 361 g/mol. The second-order valence-corrected chi connectivity index (χ2v) is 6.93. The van der Waals surface area contributed by atoms with Crippen LogP contribution in [0.25, 0.3) is 16.7 Å². The Morgan fingerprint density at radius 1 is 1.19 bits per heavy atom. The van der Waals surface area contributed by atoms with Gasteiger partial charge in [0.15, 0.2) is 0 Å². The highest BCUT2D eigenvalue weighted by molar-refractivity contribution is 5.77. The van der Waals surface area contributed by atoms with E-state index >= 15 is 0 Å². The Bertz CT molecular complexity index is 1230. The lowest BCUT2D eigenvalue weighted by atomic mass is 10.1. The summed E-state index contributed by atoms with van der Waals surface area (Å²) in [4.78, 5) is 28.6. The Labute approximate surface area is 155 Å². The predicted octanol–water partition coefficient (Wildman–Crippen LogP) is 2.02. The van der Waals surface area contributed by atoms with E-state index < -0.39 is 0 Å². The third-order valence-corrected chi connectivity index (χ3v) is 5.22. The molecule has 5 rings (SSSR count). The summed E-state index contributed by atoms with van der Waals surface area (Å²) in [6.07, 6.45) is 3.46. The number of para-hydroxylation sites is 1. The van der Waals surface area contributed by atoms with Crippen LogP contribution in [0.1, 0.15) is 30.4 Å². The van der Waals surface area contributed by atoms with E-state index in [4.69, 9.17) is 4.98 Å². The van der Waals surface area contributed by atoms with Gasteiger partial charge in [-0.2, -0.15) is 14.6 Å². The van der Waals surface area contributed by atoms with E-state index in [2.05, 4.69) is 20.0 Å². The Hall–Kier alpha value is -3.29. The maximum Gasteiger partial charge on any atom is 0.261 e. The maximum absolute atomic E-state index is 12.8. The molecular weight excluding hydrogens is 342 g/mol. The van der Waals surface area contributed by atoms with Crippen LogP contribution in [0, 0.1) is 6.92 Å². The van der Waals surface area contributed by atoms with Gasteiger partial charge < -0.3 is 4.90 Å². The van der Waals surface area contributed by atoms with Crippen LogP contribution in [0.4, 0.5) is 5.82 Å². The third kappa shape index (κ3) is 2.40. The molecular formula is C19H19N7O. The van der Waals surface area contributed by atoms with Crippen LogP contribution < -0.4 is 10.5 Å². The normalized spacial score (nSPS) is 17.3. The zero-order chi connectivity index (χ0) is 18.5. The van der Waals surface area contributed by atoms with Gasteiger partial charge in [0.05, 0.1) is 16.9 Å². The largest absolute Gasteiger partial charge is 0.346 e. The molecule has 0 spiro atoms.